The summed E-state index contributed by atoms with van der Waals surface area (Å²) in [4.78, 5) is 24.4. The average Bonchev–Trinajstić information content (AvgIpc) is 2.89. The maximum Gasteiger partial charge on any atom is 0.340 e. The number of rotatable bonds is 23. The van der Waals surface area contributed by atoms with Crippen molar-refractivity contribution in [2.24, 2.45) is 0 Å². The van der Waals surface area contributed by atoms with E-state index in [1.54, 1.807) is 7.11 Å². The number of esters is 1. The van der Waals surface area contributed by atoms with E-state index in [0.29, 0.717) is 97.2 Å². The molecule has 0 atom stereocenters. The van der Waals surface area contributed by atoms with Crippen LogP contribution < -0.4 is 0 Å². The first-order valence-corrected chi connectivity index (χ1v) is 15.1. The molecule has 0 fully saturated rings. The van der Waals surface area contributed by atoms with Gasteiger partial charge in [0.1, 0.15) is 6.61 Å². The summed E-state index contributed by atoms with van der Waals surface area (Å²) in [5.41, 5.74) is -0.000142. The summed E-state index contributed by atoms with van der Waals surface area (Å²) < 4.78 is 44.2. The fraction of sp³-hybridized carbons (Fsp3) is 0.652. The molecule has 15 heteroatoms. The monoisotopic (exact) mass is 818 g/mol. The second-order valence-corrected chi connectivity index (χ2v) is 10.6. The summed E-state index contributed by atoms with van der Waals surface area (Å²) in [6.45, 7) is 5.81. The molecule has 218 valence electrons. The van der Waals surface area contributed by atoms with E-state index in [4.69, 9.17) is 49.5 Å². The van der Waals surface area contributed by atoms with E-state index >= 15 is 0 Å². The average molecular weight is 823 g/mol. The molecule has 0 bridgehead atoms. The quantitative estimate of drug-likeness (QED) is 0.0492. The molecule has 0 spiro atoms. The van der Waals surface area contributed by atoms with Gasteiger partial charge >= 0.3 is 5.97 Å². The van der Waals surface area contributed by atoms with Gasteiger partial charge in [-0.05, 0) is 75.3 Å². The van der Waals surface area contributed by atoms with Crippen LogP contribution >= 0.6 is 75.3 Å². The van der Waals surface area contributed by atoms with Gasteiger partial charge in [0.2, 0.25) is 0 Å². The van der Waals surface area contributed by atoms with Crippen LogP contribution in [0.2, 0.25) is 0 Å². The maximum absolute atomic E-state index is 12.6. The lowest BCUT2D eigenvalue weighted by Gasteiger charge is -2.14. The second kappa shape index (κ2) is 22.9. The molecule has 0 N–H and O–H groups in total. The van der Waals surface area contributed by atoms with Crippen molar-refractivity contribution < 1.29 is 47.5 Å². The lowest BCUT2D eigenvalue weighted by atomic mass is 10.1. The molecule has 0 aromatic heterocycles. The third-order valence-corrected chi connectivity index (χ3v) is 9.38. The standard InChI is InChI=1S/C23H31Br4ClO10/c1-31-2-3-32-4-5-33-6-7-34-8-9-35-10-11-36-12-13-37-14-15-38-23(30)17-16(22(28)29)18(24)20(26)21(27)19(17)25/h2-15H2,1H3. The molecule has 10 nitrogen and oxygen atoms in total. The Balaban J connectivity index is 2.01. The van der Waals surface area contributed by atoms with Crippen LogP contribution in [0.5, 0.6) is 0 Å². The van der Waals surface area contributed by atoms with E-state index in [9.17, 15) is 9.59 Å². The van der Waals surface area contributed by atoms with Gasteiger partial charge in [0.05, 0.1) is 97.0 Å². The van der Waals surface area contributed by atoms with Gasteiger partial charge in [-0.3, -0.25) is 4.79 Å². The summed E-state index contributed by atoms with van der Waals surface area (Å²) in [6.07, 6.45) is 0. The first-order chi connectivity index (χ1) is 18.3. The number of halogens is 5. The van der Waals surface area contributed by atoms with Crippen molar-refractivity contribution >= 4 is 86.5 Å². The first-order valence-electron chi connectivity index (χ1n) is 11.5. The Morgan fingerprint density at radius 2 is 0.842 bits per heavy atom. The summed E-state index contributed by atoms with van der Waals surface area (Å²) in [5.74, 6) is -0.716. The van der Waals surface area contributed by atoms with Crippen LogP contribution in [0.1, 0.15) is 20.7 Å². The molecule has 0 heterocycles. The van der Waals surface area contributed by atoms with E-state index in [2.05, 4.69) is 63.7 Å². The van der Waals surface area contributed by atoms with E-state index in [1.165, 1.54) is 0 Å². The molecule has 1 rings (SSSR count). The number of carbonyl (C=O) groups is 2. The molecule has 0 saturated carbocycles. The van der Waals surface area contributed by atoms with Gasteiger partial charge < -0.3 is 37.9 Å². The lowest BCUT2D eigenvalue weighted by molar-refractivity contribution is -0.0211. The van der Waals surface area contributed by atoms with Gasteiger partial charge in [0, 0.05) is 25.0 Å². The van der Waals surface area contributed by atoms with E-state index < -0.39 is 11.2 Å². The largest absolute Gasteiger partial charge is 0.460 e. The highest BCUT2D eigenvalue weighted by atomic mass is 79.9. The minimum atomic E-state index is -0.802. The molecule has 38 heavy (non-hydrogen) atoms. The van der Waals surface area contributed by atoms with Crippen molar-refractivity contribution in [1.82, 2.24) is 0 Å². The molecule has 0 aliphatic rings. The molecule has 1 aromatic rings. The van der Waals surface area contributed by atoms with Crippen molar-refractivity contribution in [2.45, 2.75) is 0 Å². The van der Waals surface area contributed by atoms with Crippen LogP contribution in [-0.4, -0.2) is 111 Å². The smallest absolute Gasteiger partial charge is 0.340 e. The predicted molar refractivity (Wildman–Crippen MR) is 154 cm³/mol. The fourth-order valence-corrected chi connectivity index (χ4v) is 5.38. The first kappa shape index (κ1) is 36.3. The van der Waals surface area contributed by atoms with E-state index in [-0.39, 0.29) is 24.3 Å². The Hall–Kier alpha value is 0.290. The topological polar surface area (TPSA) is 108 Å². The maximum atomic E-state index is 12.6. The van der Waals surface area contributed by atoms with E-state index in [1.807, 2.05) is 0 Å². The van der Waals surface area contributed by atoms with Gasteiger partial charge in [-0.15, -0.1) is 0 Å². The van der Waals surface area contributed by atoms with Crippen molar-refractivity contribution in [1.29, 1.82) is 0 Å². The Bertz CT molecular complexity index is 847. The van der Waals surface area contributed by atoms with Crippen LogP contribution in [0, 0.1) is 0 Å². The fourth-order valence-electron chi connectivity index (χ4n) is 2.62. The zero-order valence-corrected chi connectivity index (χ0v) is 28.0. The minimum Gasteiger partial charge on any atom is -0.460 e. The molecule has 0 amide bonds. The normalized spacial score (nSPS) is 11.2. The second-order valence-electron chi connectivity index (χ2n) is 7.08. The third kappa shape index (κ3) is 14.8. The minimum absolute atomic E-state index is 0.00790. The Kier molecular flexibility index (Phi) is 21.9. The van der Waals surface area contributed by atoms with Gasteiger partial charge in [0.25, 0.3) is 5.24 Å². The predicted octanol–water partition coefficient (Wildman–Crippen LogP) is 5.02. The van der Waals surface area contributed by atoms with Crippen LogP contribution in [-0.2, 0) is 37.9 Å². The molecule has 0 aliphatic heterocycles. The van der Waals surface area contributed by atoms with Gasteiger partial charge in [-0.2, -0.15) is 0 Å². The van der Waals surface area contributed by atoms with Crippen molar-refractivity contribution in [3.8, 4) is 0 Å². The van der Waals surface area contributed by atoms with Crippen LogP contribution in [0.4, 0.5) is 0 Å². The van der Waals surface area contributed by atoms with E-state index in [0.717, 1.165) is 0 Å². The van der Waals surface area contributed by atoms with Gasteiger partial charge in [0.15, 0.2) is 0 Å². The highest BCUT2D eigenvalue weighted by molar-refractivity contribution is 9.15. The highest BCUT2D eigenvalue weighted by Crippen LogP contribution is 2.42. The lowest BCUT2D eigenvalue weighted by Crippen LogP contribution is -2.17. The number of ether oxygens (including phenoxy) is 8. The number of hydrogen-bond acceptors (Lipinski definition) is 10. The van der Waals surface area contributed by atoms with Gasteiger partial charge in [-0.25, -0.2) is 4.79 Å². The Morgan fingerprint density at radius 1 is 0.526 bits per heavy atom. The highest BCUT2D eigenvalue weighted by Gasteiger charge is 2.28. The van der Waals surface area contributed by atoms with Crippen molar-refractivity contribution in [2.75, 3.05) is 99.6 Å². The molecule has 0 saturated heterocycles. The summed E-state index contributed by atoms with van der Waals surface area (Å²) in [7, 11) is 1.63. The molecule has 0 radical (unpaired) electrons. The SMILES string of the molecule is COCCOCCOCCOCCOCCOCCOCCOC(=O)c1c(Br)c(Br)c(Br)c(Br)c1C(=O)Cl. The number of benzene rings is 1. The summed E-state index contributed by atoms with van der Waals surface area (Å²) in [6, 6.07) is 0. The number of carbonyl (C=O) groups excluding carboxylic acids is 2. The number of hydrogen-bond donors (Lipinski definition) is 0. The van der Waals surface area contributed by atoms with Gasteiger partial charge in [-0.1, -0.05) is 0 Å². The Morgan fingerprint density at radius 3 is 1.18 bits per heavy atom. The molecule has 0 unspecified atom stereocenters. The summed E-state index contributed by atoms with van der Waals surface area (Å²) >= 11 is 18.9. The molecule has 0 aliphatic carbocycles. The molecular weight excluding hydrogens is 791 g/mol. The summed E-state index contributed by atoms with van der Waals surface area (Å²) in [5, 5.41) is -0.802. The van der Waals surface area contributed by atoms with Crippen molar-refractivity contribution in [3.05, 3.63) is 29.0 Å². The number of methoxy groups -OCH3 is 1. The third-order valence-electron chi connectivity index (χ3n) is 4.42. The molecular formula is C23H31Br4ClO10. The molecule has 1 aromatic carbocycles. The Labute approximate surface area is 261 Å². The zero-order valence-electron chi connectivity index (χ0n) is 20.9. The van der Waals surface area contributed by atoms with Crippen LogP contribution in [0.15, 0.2) is 17.9 Å². The van der Waals surface area contributed by atoms with Crippen LogP contribution in [0.25, 0.3) is 0 Å². The van der Waals surface area contributed by atoms with Crippen molar-refractivity contribution in [3.63, 3.8) is 0 Å². The van der Waals surface area contributed by atoms with Crippen LogP contribution in [0.3, 0.4) is 0 Å². The zero-order chi connectivity index (χ0) is 28.2.